The molecule has 0 bridgehead atoms. The number of halogens is 2. The van der Waals surface area contributed by atoms with Gasteiger partial charge in [0.1, 0.15) is 5.82 Å². The highest BCUT2D eigenvalue weighted by Crippen LogP contribution is 2.36. The van der Waals surface area contributed by atoms with Gasteiger partial charge in [0.15, 0.2) is 0 Å². The summed E-state index contributed by atoms with van der Waals surface area (Å²) in [5.74, 6) is 0.725. The summed E-state index contributed by atoms with van der Waals surface area (Å²) in [6.07, 6.45) is 4.42. The number of benzene rings is 1. The van der Waals surface area contributed by atoms with Gasteiger partial charge in [-0.25, -0.2) is 26.9 Å². The summed E-state index contributed by atoms with van der Waals surface area (Å²) in [4.78, 5) is 5.99. The van der Waals surface area contributed by atoms with E-state index >= 15 is 0 Å². The summed E-state index contributed by atoms with van der Waals surface area (Å²) < 4.78 is 60.0. The predicted molar refractivity (Wildman–Crippen MR) is 124 cm³/mol. The Bertz CT molecular complexity index is 1010. The highest BCUT2D eigenvalue weighted by Gasteiger charge is 2.39. The van der Waals surface area contributed by atoms with Crippen LogP contribution in [0.1, 0.15) is 55.6 Å². The zero-order valence-corrected chi connectivity index (χ0v) is 19.6. The zero-order valence-electron chi connectivity index (χ0n) is 18.7. The Balaban J connectivity index is 1.44. The second-order valence-electron chi connectivity index (χ2n) is 8.98. The molecule has 2 fully saturated rings. The third-order valence-electron chi connectivity index (χ3n) is 6.68. The van der Waals surface area contributed by atoms with Crippen LogP contribution in [-0.4, -0.2) is 51.0 Å². The number of pyridine rings is 1. The summed E-state index contributed by atoms with van der Waals surface area (Å²) in [5.41, 5.74) is 1.20. The van der Waals surface area contributed by atoms with Gasteiger partial charge in [-0.2, -0.15) is 0 Å². The van der Waals surface area contributed by atoms with Gasteiger partial charge in [-0.15, -0.1) is 0 Å². The van der Waals surface area contributed by atoms with Crippen LogP contribution in [0.2, 0.25) is 0 Å². The van der Waals surface area contributed by atoms with Gasteiger partial charge in [0.05, 0.1) is 30.6 Å². The lowest BCUT2D eigenvalue weighted by Crippen LogP contribution is -2.48. The van der Waals surface area contributed by atoms with Crippen molar-refractivity contribution < 1.29 is 21.9 Å². The Kier molecular flexibility index (Phi) is 7.61. The molecule has 180 valence electrons. The molecular formula is C24H31F2N3O3S. The first-order valence-electron chi connectivity index (χ1n) is 11.5. The van der Waals surface area contributed by atoms with Gasteiger partial charge in [0, 0.05) is 18.8 Å². The van der Waals surface area contributed by atoms with Crippen molar-refractivity contribution in [2.45, 2.75) is 62.6 Å². The SMILES string of the molecule is CS(=O)(=O)N[C@H]1CCN(c2ncccc2C(F)F)[C@H]1CO[C@H]1CC[C@@H](c2ccccc2)CC1. The van der Waals surface area contributed by atoms with Crippen molar-refractivity contribution in [3.63, 3.8) is 0 Å². The van der Waals surface area contributed by atoms with E-state index in [9.17, 15) is 17.2 Å². The molecule has 0 spiro atoms. The normalized spacial score (nSPS) is 26.1. The standard InChI is InChI=1S/C24H31F2N3O3S/c1-33(30,31)28-21-13-15-29(24-20(23(25)26)8-5-14-27-24)22(21)16-32-19-11-9-18(10-12-19)17-6-3-2-4-7-17/h2-8,14,18-19,21-23,28H,9-13,15-16H2,1H3/t18-,19+,21-,22-/m0/s1. The predicted octanol–water partition coefficient (Wildman–Crippen LogP) is 4.26. The second-order valence-corrected chi connectivity index (χ2v) is 10.8. The molecule has 2 atom stereocenters. The van der Waals surface area contributed by atoms with E-state index < -0.39 is 28.5 Å². The molecule has 1 saturated heterocycles. The molecule has 1 saturated carbocycles. The first-order chi connectivity index (χ1) is 15.8. The van der Waals surface area contributed by atoms with Crippen LogP contribution in [-0.2, 0) is 14.8 Å². The molecule has 0 unspecified atom stereocenters. The Morgan fingerprint density at radius 3 is 2.48 bits per heavy atom. The van der Waals surface area contributed by atoms with Crippen molar-refractivity contribution in [2.24, 2.45) is 0 Å². The monoisotopic (exact) mass is 479 g/mol. The average Bonchev–Trinajstić information content (AvgIpc) is 3.19. The van der Waals surface area contributed by atoms with Gasteiger partial charge in [-0.3, -0.25) is 0 Å². The third-order valence-corrected chi connectivity index (χ3v) is 7.41. The molecular weight excluding hydrogens is 448 g/mol. The van der Waals surface area contributed by atoms with Gasteiger partial charge in [-0.05, 0) is 55.7 Å². The summed E-state index contributed by atoms with van der Waals surface area (Å²) >= 11 is 0. The van der Waals surface area contributed by atoms with Crippen LogP contribution in [0.4, 0.5) is 14.6 Å². The third kappa shape index (κ3) is 6.07. The number of rotatable bonds is 8. The Labute approximate surface area is 194 Å². The van der Waals surface area contributed by atoms with Crippen LogP contribution < -0.4 is 9.62 Å². The molecule has 1 aromatic heterocycles. The van der Waals surface area contributed by atoms with Crippen LogP contribution in [0.15, 0.2) is 48.7 Å². The van der Waals surface area contributed by atoms with Gasteiger partial charge in [0.25, 0.3) is 6.43 Å². The average molecular weight is 480 g/mol. The number of hydrogen-bond donors (Lipinski definition) is 1. The molecule has 2 heterocycles. The molecule has 1 aliphatic heterocycles. The number of ether oxygens (including phenoxy) is 1. The number of nitrogens with zero attached hydrogens (tertiary/aromatic N) is 2. The Morgan fingerprint density at radius 2 is 1.82 bits per heavy atom. The first-order valence-corrected chi connectivity index (χ1v) is 13.3. The number of anilines is 1. The molecule has 33 heavy (non-hydrogen) atoms. The minimum Gasteiger partial charge on any atom is -0.376 e. The van der Waals surface area contributed by atoms with Crippen molar-refractivity contribution in [1.82, 2.24) is 9.71 Å². The van der Waals surface area contributed by atoms with Crippen molar-refractivity contribution in [2.75, 3.05) is 24.3 Å². The molecule has 0 amide bonds. The smallest absolute Gasteiger partial charge is 0.267 e. The molecule has 4 rings (SSSR count). The fourth-order valence-electron chi connectivity index (χ4n) is 5.08. The number of sulfonamides is 1. The summed E-state index contributed by atoms with van der Waals surface area (Å²) in [6, 6.07) is 12.5. The molecule has 2 aromatic rings. The Hall–Kier alpha value is -2.10. The van der Waals surface area contributed by atoms with Crippen LogP contribution in [0, 0.1) is 0 Å². The van der Waals surface area contributed by atoms with Gasteiger partial charge in [0.2, 0.25) is 10.0 Å². The van der Waals surface area contributed by atoms with Crippen molar-refractivity contribution in [1.29, 1.82) is 0 Å². The van der Waals surface area contributed by atoms with E-state index in [4.69, 9.17) is 4.74 Å². The van der Waals surface area contributed by atoms with E-state index in [-0.39, 0.29) is 24.1 Å². The topological polar surface area (TPSA) is 71.5 Å². The fourth-order valence-corrected chi connectivity index (χ4v) is 5.90. The maximum atomic E-state index is 13.6. The number of alkyl halides is 2. The largest absolute Gasteiger partial charge is 0.376 e. The second kappa shape index (κ2) is 10.4. The van der Waals surface area contributed by atoms with E-state index in [1.165, 1.54) is 23.9 Å². The highest BCUT2D eigenvalue weighted by atomic mass is 32.2. The molecule has 1 aliphatic carbocycles. The minimum atomic E-state index is -3.45. The van der Waals surface area contributed by atoms with Crippen LogP contribution in [0.25, 0.3) is 0 Å². The van der Waals surface area contributed by atoms with E-state index in [0.717, 1.165) is 31.9 Å². The summed E-state index contributed by atoms with van der Waals surface area (Å²) in [5, 5.41) is 0. The van der Waals surface area contributed by atoms with Crippen LogP contribution in [0.5, 0.6) is 0 Å². The summed E-state index contributed by atoms with van der Waals surface area (Å²) in [7, 11) is -3.45. The molecule has 1 N–H and O–H groups in total. The number of hydrogen-bond acceptors (Lipinski definition) is 5. The summed E-state index contributed by atoms with van der Waals surface area (Å²) in [6.45, 7) is 0.686. The maximum absolute atomic E-state index is 13.6. The molecule has 6 nitrogen and oxygen atoms in total. The van der Waals surface area contributed by atoms with E-state index in [2.05, 4.69) is 34.0 Å². The van der Waals surface area contributed by atoms with E-state index in [1.807, 2.05) is 6.07 Å². The first kappa shape index (κ1) is 24.0. The van der Waals surface area contributed by atoms with Crippen molar-refractivity contribution >= 4 is 15.8 Å². The van der Waals surface area contributed by atoms with E-state index in [0.29, 0.717) is 18.9 Å². The molecule has 2 aliphatic rings. The lowest BCUT2D eigenvalue weighted by Gasteiger charge is -2.33. The quantitative estimate of drug-likeness (QED) is 0.613. The lowest BCUT2D eigenvalue weighted by molar-refractivity contribution is 0.0155. The Morgan fingerprint density at radius 1 is 1.09 bits per heavy atom. The lowest BCUT2D eigenvalue weighted by atomic mass is 9.83. The molecule has 9 heteroatoms. The van der Waals surface area contributed by atoms with Crippen molar-refractivity contribution in [3.8, 4) is 0 Å². The number of aromatic nitrogens is 1. The van der Waals surface area contributed by atoms with Crippen LogP contribution in [0.3, 0.4) is 0 Å². The maximum Gasteiger partial charge on any atom is 0.267 e. The zero-order chi connectivity index (χ0) is 23.4. The number of nitrogens with one attached hydrogen (secondary N) is 1. The molecule has 1 aromatic carbocycles. The fraction of sp³-hybridized carbons (Fsp3) is 0.542. The van der Waals surface area contributed by atoms with Gasteiger partial charge >= 0.3 is 0 Å². The van der Waals surface area contributed by atoms with Gasteiger partial charge in [-0.1, -0.05) is 30.3 Å². The van der Waals surface area contributed by atoms with Crippen molar-refractivity contribution in [3.05, 3.63) is 59.8 Å². The molecule has 0 radical (unpaired) electrons. The van der Waals surface area contributed by atoms with E-state index in [1.54, 1.807) is 4.90 Å². The van der Waals surface area contributed by atoms with Gasteiger partial charge < -0.3 is 9.64 Å². The minimum absolute atomic E-state index is 0.0737. The highest BCUT2D eigenvalue weighted by molar-refractivity contribution is 7.88. The van der Waals surface area contributed by atoms with Crippen LogP contribution >= 0.6 is 0 Å².